The molecule has 1 N–H and O–H groups in total. The van der Waals surface area contributed by atoms with Gasteiger partial charge in [0.1, 0.15) is 5.82 Å². The first-order valence-corrected chi connectivity index (χ1v) is 9.31. The minimum absolute atomic E-state index is 0.123. The molecular formula is C19H31N3O. The zero-order chi connectivity index (χ0) is 16.1. The Morgan fingerprint density at radius 1 is 1.09 bits per heavy atom. The van der Waals surface area contributed by atoms with Gasteiger partial charge >= 0.3 is 0 Å². The van der Waals surface area contributed by atoms with Gasteiger partial charge in [-0.3, -0.25) is 0 Å². The van der Waals surface area contributed by atoms with Crippen LogP contribution in [0, 0.1) is 5.41 Å². The highest BCUT2D eigenvalue weighted by Gasteiger charge is 2.34. The van der Waals surface area contributed by atoms with Crippen molar-refractivity contribution >= 4 is 0 Å². The predicted molar refractivity (Wildman–Crippen MR) is 92.2 cm³/mol. The van der Waals surface area contributed by atoms with E-state index >= 15 is 0 Å². The lowest BCUT2D eigenvalue weighted by atomic mass is 9.86. The van der Waals surface area contributed by atoms with Crippen LogP contribution in [0.3, 0.4) is 0 Å². The van der Waals surface area contributed by atoms with Crippen molar-refractivity contribution in [2.45, 2.75) is 70.3 Å². The molecule has 4 heteroatoms. The molecule has 0 amide bonds. The van der Waals surface area contributed by atoms with Gasteiger partial charge in [0.15, 0.2) is 0 Å². The molecule has 23 heavy (non-hydrogen) atoms. The maximum atomic E-state index is 9.76. The van der Waals surface area contributed by atoms with E-state index in [4.69, 9.17) is 0 Å². The number of hydrogen-bond donors (Lipinski definition) is 1. The molecule has 0 radical (unpaired) electrons. The third-order valence-corrected chi connectivity index (χ3v) is 5.75. The van der Waals surface area contributed by atoms with E-state index in [0.29, 0.717) is 12.5 Å². The van der Waals surface area contributed by atoms with E-state index in [1.807, 2.05) is 12.4 Å². The Morgan fingerprint density at radius 2 is 1.74 bits per heavy atom. The van der Waals surface area contributed by atoms with E-state index in [1.54, 1.807) is 0 Å². The van der Waals surface area contributed by atoms with Crippen molar-refractivity contribution in [3.63, 3.8) is 0 Å². The summed E-state index contributed by atoms with van der Waals surface area (Å²) in [7, 11) is 2.14. The van der Waals surface area contributed by atoms with Crippen molar-refractivity contribution in [3.05, 3.63) is 23.8 Å². The fourth-order valence-electron chi connectivity index (χ4n) is 4.45. The Labute approximate surface area is 140 Å². The minimum atomic E-state index is 0.123. The topological polar surface area (TPSA) is 49.2 Å². The Bertz CT molecular complexity index is 476. The van der Waals surface area contributed by atoms with Gasteiger partial charge in [-0.1, -0.05) is 32.1 Å². The number of rotatable bonds is 6. The highest BCUT2D eigenvalue weighted by molar-refractivity contribution is 5.08. The zero-order valence-corrected chi connectivity index (χ0v) is 14.5. The molecule has 0 saturated heterocycles. The fraction of sp³-hybridized carbons (Fsp3) is 0.789. The molecule has 1 aromatic rings. The quantitative estimate of drug-likeness (QED) is 0.872. The predicted octanol–water partition coefficient (Wildman–Crippen LogP) is 3.51. The molecule has 0 unspecified atom stereocenters. The minimum Gasteiger partial charge on any atom is -0.396 e. The van der Waals surface area contributed by atoms with Crippen LogP contribution in [0.15, 0.2) is 12.4 Å². The SMILES string of the molecule is CN(Cc1cnc(C2CCCCC2)nc1)CC1(CO)CCCC1. The molecule has 0 aliphatic heterocycles. The van der Waals surface area contributed by atoms with Crippen LogP contribution in [0.25, 0.3) is 0 Å². The monoisotopic (exact) mass is 317 g/mol. The van der Waals surface area contributed by atoms with Gasteiger partial charge in [0.25, 0.3) is 0 Å². The summed E-state index contributed by atoms with van der Waals surface area (Å²) in [5.41, 5.74) is 1.30. The zero-order valence-electron chi connectivity index (χ0n) is 14.5. The van der Waals surface area contributed by atoms with Crippen LogP contribution in [0.2, 0.25) is 0 Å². The number of aromatic nitrogens is 2. The first-order valence-electron chi connectivity index (χ1n) is 9.31. The number of aliphatic hydroxyl groups excluding tert-OH is 1. The Morgan fingerprint density at radius 3 is 2.35 bits per heavy atom. The molecule has 2 saturated carbocycles. The lowest BCUT2D eigenvalue weighted by Crippen LogP contribution is -2.36. The van der Waals surface area contributed by atoms with Gasteiger partial charge in [0, 0.05) is 49.0 Å². The molecule has 0 aromatic carbocycles. The van der Waals surface area contributed by atoms with Crippen molar-refractivity contribution in [3.8, 4) is 0 Å². The summed E-state index contributed by atoms with van der Waals surface area (Å²) in [6, 6.07) is 0. The van der Waals surface area contributed by atoms with Gasteiger partial charge < -0.3 is 10.0 Å². The van der Waals surface area contributed by atoms with E-state index in [-0.39, 0.29) is 5.41 Å². The lowest BCUT2D eigenvalue weighted by molar-refractivity contribution is 0.0863. The van der Waals surface area contributed by atoms with Crippen LogP contribution in [-0.4, -0.2) is 40.2 Å². The van der Waals surface area contributed by atoms with Crippen LogP contribution in [-0.2, 0) is 6.54 Å². The second-order valence-electron chi connectivity index (χ2n) is 7.82. The van der Waals surface area contributed by atoms with E-state index in [1.165, 1.54) is 50.5 Å². The standard InChI is InChI=1S/C19H31N3O/c1-22(14-19(15-23)9-5-6-10-19)13-16-11-20-18(21-12-16)17-7-3-2-4-8-17/h11-12,17,23H,2-10,13-15H2,1H3. The van der Waals surface area contributed by atoms with Crippen molar-refractivity contribution in [1.82, 2.24) is 14.9 Å². The van der Waals surface area contributed by atoms with Crippen LogP contribution in [0.5, 0.6) is 0 Å². The summed E-state index contributed by atoms with van der Waals surface area (Å²) in [6.45, 7) is 2.15. The van der Waals surface area contributed by atoms with Gasteiger partial charge in [-0.2, -0.15) is 0 Å². The molecule has 2 fully saturated rings. The molecule has 1 heterocycles. The maximum absolute atomic E-state index is 9.76. The third kappa shape index (κ3) is 4.30. The first-order chi connectivity index (χ1) is 11.2. The van der Waals surface area contributed by atoms with Crippen LogP contribution in [0.4, 0.5) is 0 Å². The second-order valence-corrected chi connectivity index (χ2v) is 7.82. The summed E-state index contributed by atoms with van der Waals surface area (Å²) in [6.07, 6.45) is 15.4. The van der Waals surface area contributed by atoms with Crippen LogP contribution in [0.1, 0.15) is 75.1 Å². The van der Waals surface area contributed by atoms with Gasteiger partial charge in [-0.05, 0) is 32.7 Å². The van der Waals surface area contributed by atoms with Crippen molar-refractivity contribution in [1.29, 1.82) is 0 Å². The smallest absolute Gasteiger partial charge is 0.131 e. The maximum Gasteiger partial charge on any atom is 0.131 e. The molecule has 0 atom stereocenters. The summed E-state index contributed by atoms with van der Waals surface area (Å²) in [4.78, 5) is 11.6. The second kappa shape index (κ2) is 7.71. The molecular weight excluding hydrogens is 286 g/mol. The van der Waals surface area contributed by atoms with Crippen LogP contribution < -0.4 is 0 Å². The summed E-state index contributed by atoms with van der Waals surface area (Å²) in [5, 5.41) is 9.76. The number of hydrogen-bond acceptors (Lipinski definition) is 4. The molecule has 2 aliphatic carbocycles. The Balaban J connectivity index is 1.55. The molecule has 0 bridgehead atoms. The number of aliphatic hydroxyl groups is 1. The number of nitrogens with zero attached hydrogens (tertiary/aromatic N) is 3. The van der Waals surface area contributed by atoms with Gasteiger partial charge in [0.2, 0.25) is 0 Å². The molecule has 2 aliphatic rings. The van der Waals surface area contributed by atoms with Gasteiger partial charge in [-0.25, -0.2) is 9.97 Å². The van der Waals surface area contributed by atoms with Crippen LogP contribution >= 0.6 is 0 Å². The lowest BCUT2D eigenvalue weighted by Gasteiger charge is -2.31. The first kappa shape index (κ1) is 16.8. The highest BCUT2D eigenvalue weighted by Crippen LogP contribution is 2.38. The molecule has 0 spiro atoms. The van der Waals surface area contributed by atoms with Crippen molar-refractivity contribution < 1.29 is 5.11 Å². The fourth-order valence-corrected chi connectivity index (χ4v) is 4.45. The van der Waals surface area contributed by atoms with E-state index < -0.39 is 0 Å². The Hall–Kier alpha value is -1.00. The van der Waals surface area contributed by atoms with Gasteiger partial charge in [-0.15, -0.1) is 0 Å². The van der Waals surface area contributed by atoms with Gasteiger partial charge in [0.05, 0.1) is 0 Å². The average molecular weight is 317 g/mol. The molecule has 4 nitrogen and oxygen atoms in total. The summed E-state index contributed by atoms with van der Waals surface area (Å²) < 4.78 is 0. The highest BCUT2D eigenvalue weighted by atomic mass is 16.3. The third-order valence-electron chi connectivity index (χ3n) is 5.75. The average Bonchev–Trinajstić information content (AvgIpc) is 3.05. The molecule has 128 valence electrons. The summed E-state index contributed by atoms with van der Waals surface area (Å²) in [5.74, 6) is 1.62. The largest absolute Gasteiger partial charge is 0.396 e. The normalized spacial score (nSPS) is 21.9. The summed E-state index contributed by atoms with van der Waals surface area (Å²) >= 11 is 0. The van der Waals surface area contributed by atoms with E-state index in [2.05, 4.69) is 21.9 Å². The van der Waals surface area contributed by atoms with Crippen molar-refractivity contribution in [2.75, 3.05) is 20.2 Å². The van der Waals surface area contributed by atoms with E-state index in [9.17, 15) is 5.11 Å². The molecule has 3 rings (SSSR count). The Kier molecular flexibility index (Phi) is 5.65. The molecule has 1 aromatic heterocycles. The van der Waals surface area contributed by atoms with E-state index in [0.717, 1.165) is 31.8 Å². The van der Waals surface area contributed by atoms with Crippen molar-refractivity contribution in [2.24, 2.45) is 5.41 Å².